The summed E-state index contributed by atoms with van der Waals surface area (Å²) in [6.07, 6.45) is 4.48. The van der Waals surface area contributed by atoms with Crippen LogP contribution in [0.2, 0.25) is 0 Å². The number of alkyl halides is 2. The first-order chi connectivity index (χ1) is 13.0. The minimum Gasteiger partial charge on any atom is -0.434 e. The topological polar surface area (TPSA) is 63.1 Å². The number of amides is 1. The van der Waals surface area contributed by atoms with Crippen LogP contribution in [0.3, 0.4) is 0 Å². The number of rotatable bonds is 5. The van der Waals surface area contributed by atoms with Gasteiger partial charge in [-0.05, 0) is 37.2 Å². The van der Waals surface area contributed by atoms with Crippen molar-refractivity contribution in [3.8, 4) is 5.75 Å². The van der Waals surface area contributed by atoms with Crippen LogP contribution in [0.1, 0.15) is 30.1 Å². The summed E-state index contributed by atoms with van der Waals surface area (Å²) in [5.74, 6) is 1.04. The molecule has 0 radical (unpaired) electrons. The number of piperidine rings is 1. The molecule has 1 saturated heterocycles. The van der Waals surface area contributed by atoms with Gasteiger partial charge in [-0.15, -0.1) is 0 Å². The van der Waals surface area contributed by atoms with E-state index in [4.69, 9.17) is 12.2 Å². The Kier molecular flexibility index (Phi) is 6.00. The molecule has 27 heavy (non-hydrogen) atoms. The minimum atomic E-state index is -2.91. The molecule has 144 valence electrons. The molecule has 0 bridgehead atoms. The monoisotopic (exact) mass is 394 g/mol. The third-order valence-corrected chi connectivity index (χ3v) is 4.99. The summed E-state index contributed by atoms with van der Waals surface area (Å²) in [7, 11) is 1.88. The number of nitrogens with zero attached hydrogens (tertiary/aromatic N) is 3. The van der Waals surface area contributed by atoms with E-state index in [2.05, 4.69) is 14.9 Å². The fourth-order valence-corrected chi connectivity index (χ4v) is 3.31. The van der Waals surface area contributed by atoms with Gasteiger partial charge >= 0.3 is 6.61 Å². The lowest BCUT2D eigenvalue weighted by Crippen LogP contribution is -2.37. The van der Waals surface area contributed by atoms with Crippen molar-refractivity contribution < 1.29 is 18.3 Å². The van der Waals surface area contributed by atoms with Gasteiger partial charge in [0.1, 0.15) is 11.6 Å². The van der Waals surface area contributed by atoms with Gasteiger partial charge in [-0.2, -0.15) is 13.9 Å². The molecule has 3 rings (SSSR count). The van der Waals surface area contributed by atoms with E-state index in [1.165, 1.54) is 18.2 Å². The molecule has 2 aromatic rings. The Hall–Kier alpha value is -2.55. The number of aromatic amines is 1. The first-order valence-electron chi connectivity index (χ1n) is 8.58. The molecule has 1 aliphatic heterocycles. The van der Waals surface area contributed by atoms with Gasteiger partial charge in [0.2, 0.25) is 5.91 Å². The molecule has 1 fully saturated rings. The zero-order chi connectivity index (χ0) is 19.4. The molecule has 1 aromatic heterocycles. The van der Waals surface area contributed by atoms with Crippen LogP contribution in [-0.4, -0.2) is 45.3 Å². The van der Waals surface area contributed by atoms with Crippen LogP contribution in [-0.2, 0) is 11.8 Å². The lowest BCUT2D eigenvalue weighted by atomic mass is 9.96. The van der Waals surface area contributed by atoms with Crippen molar-refractivity contribution in [2.24, 2.45) is 7.05 Å². The van der Waals surface area contributed by atoms with Crippen molar-refractivity contribution in [3.05, 3.63) is 46.5 Å². The van der Waals surface area contributed by atoms with E-state index < -0.39 is 6.61 Å². The predicted octanol–water partition coefficient (Wildman–Crippen LogP) is 3.50. The molecule has 2 heterocycles. The van der Waals surface area contributed by atoms with E-state index in [-0.39, 0.29) is 17.6 Å². The summed E-state index contributed by atoms with van der Waals surface area (Å²) >= 11 is 5.14. The van der Waals surface area contributed by atoms with Crippen molar-refractivity contribution in [2.75, 3.05) is 13.1 Å². The van der Waals surface area contributed by atoms with Gasteiger partial charge in [0.25, 0.3) is 0 Å². The molecule has 1 aromatic carbocycles. The number of likely N-dealkylation sites (tertiary alicyclic amines) is 1. The molecule has 9 heteroatoms. The van der Waals surface area contributed by atoms with Crippen LogP contribution in [0.4, 0.5) is 8.78 Å². The van der Waals surface area contributed by atoms with Crippen LogP contribution in [0.15, 0.2) is 30.3 Å². The van der Waals surface area contributed by atoms with E-state index in [0.29, 0.717) is 23.4 Å². The molecule has 1 aliphatic rings. The average Bonchev–Trinajstić information content (AvgIpc) is 2.99. The van der Waals surface area contributed by atoms with Crippen molar-refractivity contribution >= 4 is 24.2 Å². The maximum absolute atomic E-state index is 12.5. The molecule has 0 unspecified atom stereocenters. The van der Waals surface area contributed by atoms with Crippen molar-refractivity contribution in [3.63, 3.8) is 0 Å². The molecular formula is C18H20F2N4O2S. The Morgan fingerprint density at radius 2 is 2.07 bits per heavy atom. The molecular weight excluding hydrogens is 374 g/mol. The maximum Gasteiger partial charge on any atom is 0.387 e. The van der Waals surface area contributed by atoms with Gasteiger partial charge in [-0.25, -0.2) is 0 Å². The summed E-state index contributed by atoms with van der Waals surface area (Å²) < 4.78 is 31.8. The number of carbonyl (C=O) groups is 1. The van der Waals surface area contributed by atoms with Gasteiger partial charge in [0.15, 0.2) is 4.77 Å². The van der Waals surface area contributed by atoms with Gasteiger partial charge < -0.3 is 14.2 Å². The van der Waals surface area contributed by atoms with E-state index in [1.807, 2.05) is 11.6 Å². The van der Waals surface area contributed by atoms with Crippen LogP contribution >= 0.6 is 12.2 Å². The number of hydrogen-bond donors (Lipinski definition) is 1. The fourth-order valence-electron chi connectivity index (χ4n) is 3.17. The minimum absolute atomic E-state index is 0.0426. The Morgan fingerprint density at radius 3 is 2.70 bits per heavy atom. The highest BCUT2D eigenvalue weighted by Gasteiger charge is 2.25. The molecule has 0 atom stereocenters. The summed E-state index contributed by atoms with van der Waals surface area (Å²) in [4.78, 5) is 14.2. The largest absolute Gasteiger partial charge is 0.434 e. The standard InChI is InChI=1S/C18H20F2N4O2S/c1-23-16(21-22-18(23)27)13-8-10-24(11-9-13)15(25)7-6-12-4-2-3-5-14(12)26-17(19)20/h2-7,13,17H,8-11H2,1H3,(H,22,27)/b7-6+. The Bertz CT molecular complexity index is 885. The molecule has 0 saturated carbocycles. The molecule has 0 spiro atoms. The molecule has 6 nitrogen and oxygen atoms in total. The summed E-state index contributed by atoms with van der Waals surface area (Å²) in [6, 6.07) is 6.37. The lowest BCUT2D eigenvalue weighted by molar-refractivity contribution is -0.127. The van der Waals surface area contributed by atoms with Gasteiger partial charge in [-0.3, -0.25) is 9.89 Å². The van der Waals surface area contributed by atoms with Crippen LogP contribution in [0.5, 0.6) is 5.75 Å². The second kappa shape index (κ2) is 8.43. The second-order valence-corrected chi connectivity index (χ2v) is 6.68. The normalized spacial score (nSPS) is 15.6. The average molecular weight is 394 g/mol. The van der Waals surface area contributed by atoms with Gasteiger partial charge in [0.05, 0.1) is 0 Å². The number of aromatic nitrogens is 3. The quantitative estimate of drug-likeness (QED) is 0.623. The van der Waals surface area contributed by atoms with Crippen molar-refractivity contribution in [2.45, 2.75) is 25.4 Å². The number of carbonyl (C=O) groups excluding carboxylic acids is 1. The van der Waals surface area contributed by atoms with E-state index in [0.717, 1.165) is 18.7 Å². The number of para-hydroxylation sites is 1. The van der Waals surface area contributed by atoms with Crippen LogP contribution in [0.25, 0.3) is 6.08 Å². The zero-order valence-corrected chi connectivity index (χ0v) is 15.6. The summed E-state index contributed by atoms with van der Waals surface area (Å²) in [6.45, 7) is -1.71. The summed E-state index contributed by atoms with van der Waals surface area (Å²) in [5.41, 5.74) is 0.433. The lowest BCUT2D eigenvalue weighted by Gasteiger charge is -2.30. The highest BCUT2D eigenvalue weighted by atomic mass is 32.1. The number of hydrogen-bond acceptors (Lipinski definition) is 4. The second-order valence-electron chi connectivity index (χ2n) is 6.30. The first-order valence-corrected chi connectivity index (χ1v) is 8.98. The molecule has 1 N–H and O–H groups in total. The highest BCUT2D eigenvalue weighted by molar-refractivity contribution is 7.71. The SMILES string of the molecule is Cn1c(C2CCN(C(=O)/C=C/c3ccccc3OC(F)F)CC2)n[nH]c1=S. The number of benzene rings is 1. The van der Waals surface area contributed by atoms with Crippen LogP contribution < -0.4 is 4.74 Å². The van der Waals surface area contributed by atoms with E-state index in [9.17, 15) is 13.6 Å². The highest BCUT2D eigenvalue weighted by Crippen LogP contribution is 2.27. The Balaban J connectivity index is 1.61. The predicted molar refractivity (Wildman–Crippen MR) is 99.1 cm³/mol. The van der Waals surface area contributed by atoms with E-state index in [1.54, 1.807) is 23.1 Å². The van der Waals surface area contributed by atoms with Gasteiger partial charge in [0, 0.05) is 37.7 Å². The van der Waals surface area contributed by atoms with Crippen molar-refractivity contribution in [1.29, 1.82) is 0 Å². The number of halogens is 2. The van der Waals surface area contributed by atoms with E-state index >= 15 is 0 Å². The third kappa shape index (κ3) is 4.60. The smallest absolute Gasteiger partial charge is 0.387 e. The first kappa shape index (κ1) is 19.2. The maximum atomic E-state index is 12.5. The summed E-state index contributed by atoms with van der Waals surface area (Å²) in [5, 5.41) is 7.06. The number of ether oxygens (including phenoxy) is 1. The third-order valence-electron chi connectivity index (χ3n) is 4.63. The Labute approximate surface area is 160 Å². The number of H-pyrrole nitrogens is 1. The number of nitrogens with one attached hydrogen (secondary N) is 1. The fraction of sp³-hybridized carbons (Fsp3) is 0.389. The Morgan fingerprint density at radius 1 is 1.37 bits per heavy atom. The zero-order valence-electron chi connectivity index (χ0n) is 14.8. The van der Waals surface area contributed by atoms with Gasteiger partial charge in [-0.1, -0.05) is 18.2 Å². The van der Waals surface area contributed by atoms with Crippen LogP contribution in [0, 0.1) is 4.77 Å². The van der Waals surface area contributed by atoms with Crippen molar-refractivity contribution in [1.82, 2.24) is 19.7 Å². The molecule has 1 amide bonds. The molecule has 0 aliphatic carbocycles.